The Bertz CT molecular complexity index is 841. The Kier molecular flexibility index (Phi) is 6.41. The van der Waals surface area contributed by atoms with Crippen molar-refractivity contribution in [3.05, 3.63) is 59.9 Å². The molecular weight excluding hydrogens is 357 g/mol. The van der Waals surface area contributed by atoms with Crippen LogP contribution in [0.2, 0.25) is 0 Å². The molecule has 2 N–H and O–H groups in total. The first-order valence-corrected chi connectivity index (χ1v) is 9.61. The van der Waals surface area contributed by atoms with Crippen molar-refractivity contribution in [1.82, 2.24) is 4.90 Å². The van der Waals surface area contributed by atoms with E-state index in [4.69, 9.17) is 0 Å². The van der Waals surface area contributed by atoms with E-state index in [1.165, 1.54) is 6.07 Å². The number of nitrogens with one attached hydrogen (secondary N) is 2. The predicted octanol–water partition coefficient (Wildman–Crippen LogP) is 3.81. The molecule has 0 saturated carbocycles. The lowest BCUT2D eigenvalue weighted by Crippen LogP contribution is -2.49. The van der Waals surface area contributed by atoms with E-state index in [9.17, 15) is 14.0 Å². The van der Waals surface area contributed by atoms with Crippen LogP contribution in [0.25, 0.3) is 0 Å². The van der Waals surface area contributed by atoms with Crippen molar-refractivity contribution in [2.45, 2.75) is 32.7 Å². The lowest BCUT2D eigenvalue weighted by molar-refractivity contribution is -0.125. The lowest BCUT2D eigenvalue weighted by atomic mass is 9.95. The SMILES string of the molecule is Cc1ccc(NC(=O)C(C)N2CCCC(C(=O)Nc3ccccc3)C2)cc1F. The molecular formula is C22H26FN3O2. The van der Waals surface area contributed by atoms with Crippen LogP contribution in [-0.2, 0) is 9.59 Å². The maximum Gasteiger partial charge on any atom is 0.241 e. The molecule has 1 aliphatic rings. The fourth-order valence-corrected chi connectivity index (χ4v) is 3.42. The van der Waals surface area contributed by atoms with Crippen molar-refractivity contribution in [2.24, 2.45) is 5.92 Å². The number of benzene rings is 2. The largest absolute Gasteiger partial charge is 0.326 e. The number of carbonyl (C=O) groups is 2. The van der Waals surface area contributed by atoms with E-state index in [1.54, 1.807) is 19.1 Å². The molecule has 3 rings (SSSR count). The lowest BCUT2D eigenvalue weighted by Gasteiger charge is -2.35. The molecule has 0 aliphatic carbocycles. The Labute approximate surface area is 164 Å². The standard InChI is InChI=1S/C22H26FN3O2/c1-15-10-11-19(13-20(15)23)25-21(27)16(2)26-12-6-7-17(14-26)22(28)24-18-8-4-3-5-9-18/h3-5,8-11,13,16-17H,6-7,12,14H2,1-2H3,(H,24,28)(H,25,27). The molecule has 2 amide bonds. The number of rotatable bonds is 5. The van der Waals surface area contributed by atoms with Crippen molar-refractivity contribution >= 4 is 23.2 Å². The van der Waals surface area contributed by atoms with E-state index in [-0.39, 0.29) is 23.5 Å². The first-order valence-electron chi connectivity index (χ1n) is 9.61. The van der Waals surface area contributed by atoms with E-state index in [2.05, 4.69) is 10.6 Å². The fourth-order valence-electron chi connectivity index (χ4n) is 3.42. The number of piperidine rings is 1. The average molecular weight is 383 g/mol. The first kappa shape index (κ1) is 20.0. The van der Waals surface area contributed by atoms with Gasteiger partial charge in [-0.2, -0.15) is 0 Å². The minimum Gasteiger partial charge on any atom is -0.326 e. The van der Waals surface area contributed by atoms with Crippen LogP contribution in [0, 0.1) is 18.7 Å². The zero-order valence-electron chi connectivity index (χ0n) is 16.2. The Balaban J connectivity index is 1.58. The summed E-state index contributed by atoms with van der Waals surface area (Å²) in [5.74, 6) is -0.737. The van der Waals surface area contributed by atoms with Crippen LogP contribution in [0.3, 0.4) is 0 Å². The summed E-state index contributed by atoms with van der Waals surface area (Å²) in [5, 5.41) is 5.71. The number of likely N-dealkylation sites (tertiary alicyclic amines) is 1. The second kappa shape index (κ2) is 8.97. The first-order chi connectivity index (χ1) is 13.4. The van der Waals surface area contributed by atoms with E-state index >= 15 is 0 Å². The average Bonchev–Trinajstić information content (AvgIpc) is 2.71. The third-order valence-electron chi connectivity index (χ3n) is 5.23. The summed E-state index contributed by atoms with van der Waals surface area (Å²) in [6, 6.07) is 13.6. The Hall–Kier alpha value is -2.73. The van der Waals surface area contributed by atoms with Gasteiger partial charge in [0, 0.05) is 17.9 Å². The number of aryl methyl sites for hydroxylation is 1. The number of nitrogens with zero attached hydrogens (tertiary/aromatic N) is 1. The Morgan fingerprint density at radius 2 is 1.86 bits per heavy atom. The van der Waals surface area contributed by atoms with E-state index in [1.807, 2.05) is 42.2 Å². The maximum atomic E-state index is 13.7. The summed E-state index contributed by atoms with van der Waals surface area (Å²) in [7, 11) is 0. The minimum atomic E-state index is -0.406. The van der Waals surface area contributed by atoms with Gasteiger partial charge < -0.3 is 10.6 Å². The zero-order chi connectivity index (χ0) is 20.1. The highest BCUT2D eigenvalue weighted by atomic mass is 19.1. The van der Waals surface area contributed by atoms with Gasteiger partial charge in [0.05, 0.1) is 12.0 Å². The molecule has 2 unspecified atom stereocenters. The number of hydrogen-bond donors (Lipinski definition) is 2. The summed E-state index contributed by atoms with van der Waals surface area (Å²) in [6.07, 6.45) is 1.65. The third-order valence-corrected chi connectivity index (χ3v) is 5.23. The van der Waals surface area contributed by atoms with Crippen molar-refractivity contribution in [1.29, 1.82) is 0 Å². The molecule has 1 saturated heterocycles. The number of hydrogen-bond acceptors (Lipinski definition) is 3. The highest BCUT2D eigenvalue weighted by Crippen LogP contribution is 2.21. The van der Waals surface area contributed by atoms with Gasteiger partial charge in [0.15, 0.2) is 0 Å². The van der Waals surface area contributed by atoms with Gasteiger partial charge in [0.1, 0.15) is 5.82 Å². The molecule has 0 spiro atoms. The second-order valence-electron chi connectivity index (χ2n) is 7.32. The van der Waals surface area contributed by atoms with Crippen LogP contribution in [0.15, 0.2) is 48.5 Å². The molecule has 1 fully saturated rings. The van der Waals surface area contributed by atoms with Crippen molar-refractivity contribution in [2.75, 3.05) is 23.7 Å². The molecule has 5 nitrogen and oxygen atoms in total. The number of halogens is 1. The zero-order valence-corrected chi connectivity index (χ0v) is 16.2. The maximum absolute atomic E-state index is 13.7. The summed E-state index contributed by atoms with van der Waals surface area (Å²) in [5.41, 5.74) is 1.75. The van der Waals surface area contributed by atoms with Gasteiger partial charge in [-0.1, -0.05) is 24.3 Å². The van der Waals surface area contributed by atoms with E-state index < -0.39 is 6.04 Å². The molecule has 28 heavy (non-hydrogen) atoms. The quantitative estimate of drug-likeness (QED) is 0.825. The molecule has 6 heteroatoms. The normalized spacial score (nSPS) is 18.3. The number of carbonyl (C=O) groups excluding carboxylic acids is 2. The molecule has 0 bridgehead atoms. The molecule has 0 aromatic heterocycles. The van der Waals surface area contributed by atoms with E-state index in [0.29, 0.717) is 17.8 Å². The van der Waals surface area contributed by atoms with Gasteiger partial charge >= 0.3 is 0 Å². The smallest absolute Gasteiger partial charge is 0.241 e. The summed E-state index contributed by atoms with van der Waals surface area (Å²) >= 11 is 0. The van der Waals surface area contributed by atoms with Crippen molar-refractivity contribution in [3.63, 3.8) is 0 Å². The van der Waals surface area contributed by atoms with Crippen LogP contribution in [-0.4, -0.2) is 35.8 Å². The number of para-hydroxylation sites is 1. The van der Waals surface area contributed by atoms with Crippen molar-refractivity contribution in [3.8, 4) is 0 Å². The number of anilines is 2. The van der Waals surface area contributed by atoms with Crippen LogP contribution in [0.5, 0.6) is 0 Å². The van der Waals surface area contributed by atoms with Gasteiger partial charge in [-0.05, 0) is 63.1 Å². The highest BCUT2D eigenvalue weighted by Gasteiger charge is 2.31. The molecule has 2 aromatic carbocycles. The molecule has 1 heterocycles. The van der Waals surface area contributed by atoms with E-state index in [0.717, 1.165) is 25.1 Å². The van der Waals surface area contributed by atoms with Crippen LogP contribution >= 0.6 is 0 Å². The minimum absolute atomic E-state index is 0.0240. The van der Waals surface area contributed by atoms with Gasteiger partial charge in [0.25, 0.3) is 0 Å². The number of amides is 2. The molecule has 148 valence electrons. The van der Waals surface area contributed by atoms with Crippen LogP contribution < -0.4 is 10.6 Å². The van der Waals surface area contributed by atoms with Crippen LogP contribution in [0.1, 0.15) is 25.3 Å². The molecule has 2 atom stereocenters. The predicted molar refractivity (Wildman–Crippen MR) is 109 cm³/mol. The summed E-state index contributed by atoms with van der Waals surface area (Å²) in [6.45, 7) is 4.77. The summed E-state index contributed by atoms with van der Waals surface area (Å²) < 4.78 is 13.7. The van der Waals surface area contributed by atoms with Crippen LogP contribution in [0.4, 0.5) is 15.8 Å². The van der Waals surface area contributed by atoms with Crippen molar-refractivity contribution < 1.29 is 14.0 Å². The molecule has 1 aliphatic heterocycles. The topological polar surface area (TPSA) is 61.4 Å². The third kappa shape index (κ3) is 4.95. The van der Waals surface area contributed by atoms with Gasteiger partial charge in [-0.15, -0.1) is 0 Å². The highest BCUT2D eigenvalue weighted by molar-refractivity contribution is 5.95. The second-order valence-corrected chi connectivity index (χ2v) is 7.32. The molecule has 2 aromatic rings. The fraction of sp³-hybridized carbons (Fsp3) is 0.364. The monoisotopic (exact) mass is 383 g/mol. The van der Waals surface area contributed by atoms with Gasteiger partial charge in [-0.25, -0.2) is 4.39 Å². The van der Waals surface area contributed by atoms with Gasteiger partial charge in [-0.3, -0.25) is 14.5 Å². The summed E-state index contributed by atoms with van der Waals surface area (Å²) in [4.78, 5) is 27.2. The Morgan fingerprint density at radius 3 is 2.57 bits per heavy atom. The Morgan fingerprint density at radius 1 is 1.11 bits per heavy atom. The molecule has 0 radical (unpaired) electrons. The van der Waals surface area contributed by atoms with Gasteiger partial charge in [0.2, 0.25) is 11.8 Å².